The minimum atomic E-state index is -0.302. The Morgan fingerprint density at radius 1 is 0.889 bits per heavy atom. The second-order valence-electron chi connectivity index (χ2n) is 6.12. The molecule has 1 saturated heterocycles. The molecule has 1 fully saturated rings. The highest BCUT2D eigenvalue weighted by molar-refractivity contribution is 8.18. The molecule has 134 valence electrons. The maximum Gasteiger partial charge on any atom is 0.293 e. The van der Waals surface area contributed by atoms with Crippen LogP contribution in [0.1, 0.15) is 11.1 Å². The summed E-state index contributed by atoms with van der Waals surface area (Å²) in [5, 5.41) is 2.77. The summed E-state index contributed by atoms with van der Waals surface area (Å²) in [5.41, 5.74) is 1.63. The molecule has 1 heterocycles. The number of amides is 2. The molecule has 2 amide bonds. The first-order valence-corrected chi connectivity index (χ1v) is 9.76. The van der Waals surface area contributed by atoms with Gasteiger partial charge in [-0.1, -0.05) is 65.7 Å². The van der Waals surface area contributed by atoms with E-state index in [-0.39, 0.29) is 17.7 Å². The van der Waals surface area contributed by atoms with Crippen LogP contribution >= 0.6 is 35.0 Å². The van der Waals surface area contributed by atoms with Crippen molar-refractivity contribution in [3.05, 3.63) is 86.7 Å². The van der Waals surface area contributed by atoms with Crippen LogP contribution in [0.3, 0.4) is 0 Å². The lowest BCUT2D eigenvalue weighted by atomic mass is 10.1. The number of imide groups is 1. The molecule has 0 atom stereocenters. The van der Waals surface area contributed by atoms with Gasteiger partial charge in [0.2, 0.25) is 0 Å². The highest BCUT2D eigenvalue weighted by Gasteiger charge is 2.35. The molecule has 27 heavy (non-hydrogen) atoms. The predicted molar refractivity (Wildman–Crippen MR) is 112 cm³/mol. The van der Waals surface area contributed by atoms with Crippen molar-refractivity contribution in [2.24, 2.45) is 0 Å². The van der Waals surface area contributed by atoms with Crippen LogP contribution in [0.2, 0.25) is 10.0 Å². The van der Waals surface area contributed by atoms with Gasteiger partial charge >= 0.3 is 0 Å². The largest absolute Gasteiger partial charge is 0.293 e. The van der Waals surface area contributed by atoms with Crippen LogP contribution in [0.5, 0.6) is 0 Å². The molecule has 0 bridgehead atoms. The van der Waals surface area contributed by atoms with Crippen LogP contribution in [-0.4, -0.2) is 16.0 Å². The normalized spacial score (nSPS) is 15.9. The summed E-state index contributed by atoms with van der Waals surface area (Å²) in [7, 11) is 0. The lowest BCUT2D eigenvalue weighted by Gasteiger charge is -2.13. The molecule has 0 radical (unpaired) electrons. The zero-order chi connectivity index (χ0) is 19.0. The minimum absolute atomic E-state index is 0.244. The van der Waals surface area contributed by atoms with E-state index in [0.717, 1.165) is 33.7 Å². The maximum atomic E-state index is 12.7. The number of benzene rings is 3. The van der Waals surface area contributed by atoms with Crippen LogP contribution < -0.4 is 0 Å². The zero-order valence-corrected chi connectivity index (χ0v) is 16.3. The first kappa shape index (κ1) is 18.1. The van der Waals surface area contributed by atoms with E-state index in [0.29, 0.717) is 15.0 Å². The molecule has 4 rings (SSSR count). The topological polar surface area (TPSA) is 37.4 Å². The summed E-state index contributed by atoms with van der Waals surface area (Å²) in [5.74, 6) is -0.302. The van der Waals surface area contributed by atoms with Gasteiger partial charge in [-0.25, -0.2) is 0 Å². The zero-order valence-electron chi connectivity index (χ0n) is 14.0. The van der Waals surface area contributed by atoms with E-state index in [1.807, 2.05) is 42.5 Å². The Morgan fingerprint density at radius 3 is 2.44 bits per heavy atom. The van der Waals surface area contributed by atoms with Crippen molar-refractivity contribution in [2.75, 3.05) is 0 Å². The Kier molecular flexibility index (Phi) is 4.96. The van der Waals surface area contributed by atoms with Gasteiger partial charge in [-0.15, -0.1) is 0 Å². The fourth-order valence-electron chi connectivity index (χ4n) is 2.91. The van der Waals surface area contributed by atoms with Gasteiger partial charge in [-0.2, -0.15) is 0 Å². The molecule has 6 heteroatoms. The van der Waals surface area contributed by atoms with Crippen molar-refractivity contribution in [3.8, 4) is 0 Å². The highest BCUT2D eigenvalue weighted by Crippen LogP contribution is 2.34. The molecule has 3 aromatic rings. The summed E-state index contributed by atoms with van der Waals surface area (Å²) in [6, 6.07) is 19.0. The van der Waals surface area contributed by atoms with E-state index in [1.54, 1.807) is 24.3 Å². The molecule has 1 aliphatic heterocycles. The molecule has 3 nitrogen and oxygen atoms in total. The van der Waals surface area contributed by atoms with Crippen LogP contribution in [0.15, 0.2) is 65.6 Å². The summed E-state index contributed by atoms with van der Waals surface area (Å²) in [6.45, 7) is 0.244. The van der Waals surface area contributed by atoms with Crippen molar-refractivity contribution in [1.82, 2.24) is 4.90 Å². The molecule has 0 spiro atoms. The SMILES string of the molecule is O=C1S/C(=C\c2ccc(Cl)c(Cl)c2)C(=O)N1Cc1ccc2ccccc2c1. The van der Waals surface area contributed by atoms with Crippen molar-refractivity contribution >= 4 is 63.0 Å². The second-order valence-corrected chi connectivity index (χ2v) is 7.93. The Hall–Kier alpha value is -2.27. The number of rotatable bonds is 3. The molecular formula is C21H13Cl2NO2S. The third-order valence-corrected chi connectivity index (χ3v) is 5.92. The third kappa shape index (κ3) is 3.74. The molecule has 1 aliphatic rings. The molecule has 0 aromatic heterocycles. The van der Waals surface area contributed by atoms with Gasteiger partial charge in [0, 0.05) is 0 Å². The number of thioether (sulfide) groups is 1. The summed E-state index contributed by atoms with van der Waals surface area (Å²) >= 11 is 12.9. The van der Waals surface area contributed by atoms with Crippen LogP contribution in [-0.2, 0) is 11.3 Å². The number of hydrogen-bond acceptors (Lipinski definition) is 3. The van der Waals surface area contributed by atoms with Crippen molar-refractivity contribution in [2.45, 2.75) is 6.54 Å². The summed E-state index contributed by atoms with van der Waals surface area (Å²) in [4.78, 5) is 26.7. The van der Waals surface area contributed by atoms with Crippen LogP contribution in [0.4, 0.5) is 4.79 Å². The first-order chi connectivity index (χ1) is 13.0. The Morgan fingerprint density at radius 2 is 1.67 bits per heavy atom. The minimum Gasteiger partial charge on any atom is -0.268 e. The van der Waals surface area contributed by atoms with E-state index in [2.05, 4.69) is 0 Å². The molecule has 3 aromatic carbocycles. The highest BCUT2D eigenvalue weighted by atomic mass is 35.5. The van der Waals surface area contributed by atoms with Crippen molar-refractivity contribution in [3.63, 3.8) is 0 Å². The lowest BCUT2D eigenvalue weighted by molar-refractivity contribution is -0.123. The fraction of sp³-hybridized carbons (Fsp3) is 0.0476. The van der Waals surface area contributed by atoms with E-state index in [1.165, 1.54) is 4.90 Å². The van der Waals surface area contributed by atoms with Crippen molar-refractivity contribution < 1.29 is 9.59 Å². The summed E-state index contributed by atoms with van der Waals surface area (Å²) < 4.78 is 0. The van der Waals surface area contributed by atoms with E-state index in [4.69, 9.17) is 23.2 Å². The Bertz CT molecular complexity index is 1110. The number of carbonyl (C=O) groups is 2. The molecule has 0 saturated carbocycles. The lowest BCUT2D eigenvalue weighted by Crippen LogP contribution is -2.27. The monoisotopic (exact) mass is 413 g/mol. The number of hydrogen-bond donors (Lipinski definition) is 0. The van der Waals surface area contributed by atoms with Gasteiger partial charge in [0.15, 0.2) is 0 Å². The summed E-state index contributed by atoms with van der Waals surface area (Å²) in [6.07, 6.45) is 1.66. The quantitative estimate of drug-likeness (QED) is 0.467. The van der Waals surface area contributed by atoms with E-state index in [9.17, 15) is 9.59 Å². The van der Waals surface area contributed by atoms with Gasteiger partial charge in [0.1, 0.15) is 0 Å². The molecule has 0 N–H and O–H groups in total. The van der Waals surface area contributed by atoms with Crippen LogP contribution in [0, 0.1) is 0 Å². The van der Waals surface area contributed by atoms with E-state index >= 15 is 0 Å². The van der Waals surface area contributed by atoms with E-state index < -0.39 is 0 Å². The van der Waals surface area contributed by atoms with Gasteiger partial charge in [-0.3, -0.25) is 14.5 Å². The fourth-order valence-corrected chi connectivity index (χ4v) is 4.05. The van der Waals surface area contributed by atoms with Gasteiger partial charge in [0.05, 0.1) is 21.5 Å². The third-order valence-electron chi connectivity index (χ3n) is 4.27. The molecular weight excluding hydrogens is 401 g/mol. The van der Waals surface area contributed by atoms with Gasteiger partial charge in [-0.05, 0) is 57.9 Å². The number of nitrogens with zero attached hydrogens (tertiary/aromatic N) is 1. The van der Waals surface area contributed by atoms with Gasteiger partial charge < -0.3 is 0 Å². The van der Waals surface area contributed by atoms with Crippen LogP contribution in [0.25, 0.3) is 16.8 Å². The average Bonchev–Trinajstić information content (AvgIpc) is 2.92. The molecule has 0 unspecified atom stereocenters. The second kappa shape index (κ2) is 7.39. The number of halogens is 2. The predicted octanol–water partition coefficient (Wildman–Crippen LogP) is 6.38. The number of fused-ring (bicyclic) bond motifs is 1. The van der Waals surface area contributed by atoms with Gasteiger partial charge in [0.25, 0.3) is 11.1 Å². The standard InChI is InChI=1S/C21H13Cl2NO2S/c22-17-8-6-13(10-18(17)23)11-19-20(25)24(21(26)27-19)12-14-5-7-15-3-1-2-4-16(15)9-14/h1-11H,12H2/b19-11-. The first-order valence-electron chi connectivity index (χ1n) is 8.19. The Balaban J connectivity index is 1.58. The number of carbonyl (C=O) groups excluding carboxylic acids is 2. The average molecular weight is 414 g/mol. The maximum absolute atomic E-state index is 12.7. The molecule has 0 aliphatic carbocycles. The smallest absolute Gasteiger partial charge is 0.268 e. The Labute approximate surface area is 170 Å². The van der Waals surface area contributed by atoms with Crippen molar-refractivity contribution in [1.29, 1.82) is 0 Å².